The third-order valence-corrected chi connectivity index (χ3v) is 4.54. The van der Waals surface area contributed by atoms with Gasteiger partial charge in [0.2, 0.25) is 0 Å². The molecule has 0 radical (unpaired) electrons. The maximum Gasteiger partial charge on any atom is 0.254 e. The number of aryl methyl sites for hydroxylation is 1. The molecule has 0 spiro atoms. The van der Waals surface area contributed by atoms with Crippen molar-refractivity contribution in [2.24, 2.45) is 0 Å². The standard InChI is InChI=1S/C20H19N5O/c1-13(15-7-9-16(10-8-15)25-12-21-11-22-25)24-20(26)19-14(2)23-18-6-4-3-5-17(18)19/h3-13,23H,1-2H3,(H,24,26). The van der Waals surface area contributed by atoms with Crippen LogP contribution in [0.25, 0.3) is 16.6 Å². The van der Waals surface area contributed by atoms with Gasteiger partial charge in [0.25, 0.3) is 5.91 Å². The van der Waals surface area contributed by atoms with Crippen LogP contribution in [0, 0.1) is 6.92 Å². The number of fused-ring (bicyclic) bond motifs is 1. The zero-order valence-electron chi connectivity index (χ0n) is 14.6. The molecular weight excluding hydrogens is 326 g/mol. The van der Waals surface area contributed by atoms with E-state index in [0.29, 0.717) is 5.56 Å². The summed E-state index contributed by atoms with van der Waals surface area (Å²) in [7, 11) is 0. The van der Waals surface area contributed by atoms with Crippen molar-refractivity contribution in [1.29, 1.82) is 0 Å². The first-order valence-electron chi connectivity index (χ1n) is 8.46. The highest BCUT2D eigenvalue weighted by molar-refractivity contribution is 6.08. The molecule has 26 heavy (non-hydrogen) atoms. The van der Waals surface area contributed by atoms with Crippen LogP contribution in [0.2, 0.25) is 0 Å². The number of carbonyl (C=O) groups is 1. The minimum atomic E-state index is -0.111. The summed E-state index contributed by atoms with van der Waals surface area (Å²) < 4.78 is 1.70. The summed E-state index contributed by atoms with van der Waals surface area (Å²) >= 11 is 0. The van der Waals surface area contributed by atoms with Gasteiger partial charge in [-0.1, -0.05) is 30.3 Å². The third kappa shape index (κ3) is 2.86. The molecule has 0 aliphatic rings. The molecule has 0 saturated carbocycles. The van der Waals surface area contributed by atoms with Gasteiger partial charge in [-0.05, 0) is 37.6 Å². The Morgan fingerprint density at radius 3 is 2.65 bits per heavy atom. The normalized spacial score (nSPS) is 12.2. The van der Waals surface area contributed by atoms with Crippen LogP contribution in [-0.4, -0.2) is 25.7 Å². The Kier molecular flexibility index (Phi) is 4.01. The van der Waals surface area contributed by atoms with Crippen molar-refractivity contribution >= 4 is 16.8 Å². The number of hydrogen-bond acceptors (Lipinski definition) is 3. The number of nitrogens with one attached hydrogen (secondary N) is 2. The van der Waals surface area contributed by atoms with E-state index in [2.05, 4.69) is 20.4 Å². The number of amides is 1. The summed E-state index contributed by atoms with van der Waals surface area (Å²) in [4.78, 5) is 20.0. The van der Waals surface area contributed by atoms with Crippen molar-refractivity contribution in [2.45, 2.75) is 19.9 Å². The van der Waals surface area contributed by atoms with Gasteiger partial charge in [-0.25, -0.2) is 9.67 Å². The minimum Gasteiger partial charge on any atom is -0.358 e. The Labute approximate surface area is 150 Å². The van der Waals surface area contributed by atoms with Crippen LogP contribution in [0.3, 0.4) is 0 Å². The summed E-state index contributed by atoms with van der Waals surface area (Å²) in [5.74, 6) is -0.0761. The summed E-state index contributed by atoms with van der Waals surface area (Å²) in [6.45, 7) is 3.90. The van der Waals surface area contributed by atoms with Crippen LogP contribution in [0.4, 0.5) is 0 Å². The fraction of sp³-hybridized carbons (Fsp3) is 0.150. The highest BCUT2D eigenvalue weighted by atomic mass is 16.1. The minimum absolute atomic E-state index is 0.0761. The van der Waals surface area contributed by atoms with E-state index in [4.69, 9.17) is 0 Å². The maximum absolute atomic E-state index is 12.8. The fourth-order valence-corrected chi connectivity index (χ4v) is 3.18. The Bertz CT molecular complexity index is 1050. The molecule has 1 amide bonds. The number of para-hydroxylation sites is 1. The number of hydrogen-bond donors (Lipinski definition) is 2. The van der Waals surface area contributed by atoms with Gasteiger partial charge in [-0.15, -0.1) is 0 Å². The van der Waals surface area contributed by atoms with Gasteiger partial charge in [0.1, 0.15) is 12.7 Å². The van der Waals surface area contributed by atoms with Crippen LogP contribution in [0.15, 0.2) is 61.2 Å². The molecule has 4 aromatic rings. The number of nitrogens with zero attached hydrogens (tertiary/aromatic N) is 3. The summed E-state index contributed by atoms with van der Waals surface area (Å²) in [6, 6.07) is 15.6. The van der Waals surface area contributed by atoms with E-state index in [1.165, 1.54) is 6.33 Å². The predicted molar refractivity (Wildman–Crippen MR) is 100 cm³/mol. The molecule has 0 aliphatic carbocycles. The van der Waals surface area contributed by atoms with Gasteiger partial charge in [-0.2, -0.15) is 5.10 Å². The molecule has 0 fully saturated rings. The van der Waals surface area contributed by atoms with Crippen LogP contribution in [0.1, 0.15) is 34.6 Å². The Morgan fingerprint density at radius 2 is 1.92 bits per heavy atom. The quantitative estimate of drug-likeness (QED) is 0.594. The van der Waals surface area contributed by atoms with Crippen LogP contribution >= 0.6 is 0 Å². The van der Waals surface area contributed by atoms with Crippen molar-refractivity contribution < 1.29 is 4.79 Å². The smallest absolute Gasteiger partial charge is 0.254 e. The molecule has 4 rings (SSSR count). The van der Waals surface area contributed by atoms with E-state index in [1.54, 1.807) is 11.0 Å². The second-order valence-corrected chi connectivity index (χ2v) is 6.30. The Balaban J connectivity index is 1.55. The lowest BCUT2D eigenvalue weighted by molar-refractivity contribution is 0.0941. The molecule has 6 heteroatoms. The molecule has 130 valence electrons. The first kappa shape index (κ1) is 16.1. The monoisotopic (exact) mass is 345 g/mol. The average molecular weight is 345 g/mol. The van der Waals surface area contributed by atoms with E-state index >= 15 is 0 Å². The Morgan fingerprint density at radius 1 is 1.15 bits per heavy atom. The molecule has 2 aromatic heterocycles. The van der Waals surface area contributed by atoms with Gasteiger partial charge >= 0.3 is 0 Å². The average Bonchev–Trinajstić information content (AvgIpc) is 3.28. The molecular formula is C20H19N5O. The number of carbonyl (C=O) groups excluding carboxylic acids is 1. The van der Waals surface area contributed by atoms with E-state index in [9.17, 15) is 4.79 Å². The van der Waals surface area contributed by atoms with Crippen LogP contribution < -0.4 is 5.32 Å². The first-order chi connectivity index (χ1) is 12.6. The van der Waals surface area contributed by atoms with Gasteiger partial charge in [0.15, 0.2) is 0 Å². The number of rotatable bonds is 4. The second-order valence-electron chi connectivity index (χ2n) is 6.30. The largest absolute Gasteiger partial charge is 0.358 e. The molecule has 0 bridgehead atoms. The lowest BCUT2D eigenvalue weighted by atomic mass is 10.1. The van der Waals surface area contributed by atoms with Crippen molar-refractivity contribution in [1.82, 2.24) is 25.1 Å². The molecule has 6 nitrogen and oxygen atoms in total. The van der Waals surface area contributed by atoms with E-state index in [-0.39, 0.29) is 11.9 Å². The molecule has 2 heterocycles. The Hall–Kier alpha value is -3.41. The molecule has 1 atom stereocenters. The highest BCUT2D eigenvalue weighted by Gasteiger charge is 2.18. The number of benzene rings is 2. The van der Waals surface area contributed by atoms with E-state index in [1.807, 2.05) is 62.4 Å². The fourth-order valence-electron chi connectivity index (χ4n) is 3.18. The molecule has 2 aromatic carbocycles. The number of aromatic amines is 1. The van der Waals surface area contributed by atoms with Gasteiger partial charge in [0, 0.05) is 16.6 Å². The van der Waals surface area contributed by atoms with Gasteiger partial charge < -0.3 is 10.3 Å². The summed E-state index contributed by atoms with van der Waals surface area (Å²) in [5.41, 5.74) is 4.50. The topological polar surface area (TPSA) is 75.6 Å². The van der Waals surface area contributed by atoms with Crippen molar-refractivity contribution in [3.05, 3.63) is 78.0 Å². The summed E-state index contributed by atoms with van der Waals surface area (Å²) in [6.07, 6.45) is 3.15. The predicted octanol–water partition coefficient (Wildman–Crippen LogP) is 3.55. The summed E-state index contributed by atoms with van der Waals surface area (Å²) in [5, 5.41) is 8.15. The molecule has 1 unspecified atom stereocenters. The number of H-pyrrole nitrogens is 1. The van der Waals surface area contributed by atoms with Crippen LogP contribution in [-0.2, 0) is 0 Å². The maximum atomic E-state index is 12.8. The third-order valence-electron chi connectivity index (χ3n) is 4.54. The highest BCUT2D eigenvalue weighted by Crippen LogP contribution is 2.23. The zero-order valence-corrected chi connectivity index (χ0v) is 14.6. The van der Waals surface area contributed by atoms with E-state index < -0.39 is 0 Å². The zero-order chi connectivity index (χ0) is 18.1. The van der Waals surface area contributed by atoms with Crippen LogP contribution in [0.5, 0.6) is 0 Å². The van der Waals surface area contributed by atoms with Gasteiger partial charge in [-0.3, -0.25) is 4.79 Å². The van der Waals surface area contributed by atoms with Crippen molar-refractivity contribution in [3.63, 3.8) is 0 Å². The number of aromatic nitrogens is 4. The van der Waals surface area contributed by atoms with E-state index in [0.717, 1.165) is 27.8 Å². The SMILES string of the molecule is Cc1[nH]c2ccccc2c1C(=O)NC(C)c1ccc(-n2cncn2)cc1. The first-order valence-corrected chi connectivity index (χ1v) is 8.46. The van der Waals surface area contributed by atoms with Gasteiger partial charge in [0.05, 0.1) is 17.3 Å². The lowest BCUT2D eigenvalue weighted by Gasteiger charge is -2.15. The van der Waals surface area contributed by atoms with Crippen molar-refractivity contribution in [2.75, 3.05) is 0 Å². The second kappa shape index (κ2) is 6.48. The molecule has 0 saturated heterocycles. The molecule has 2 N–H and O–H groups in total. The van der Waals surface area contributed by atoms with Crippen molar-refractivity contribution in [3.8, 4) is 5.69 Å². The lowest BCUT2D eigenvalue weighted by Crippen LogP contribution is -2.27. The molecule has 0 aliphatic heterocycles.